The van der Waals surface area contributed by atoms with E-state index in [-0.39, 0.29) is 0 Å². The smallest absolute Gasteiger partial charge is 0.119 e. The lowest BCUT2D eigenvalue weighted by Crippen LogP contribution is -1.97. The standard InChI is InChI=1S/C24H20Cl3O/c1-2-28-22-13-7-19(8-14-22)24(18-5-11-21(27)12-6-18)23(15-16-25)17-3-9-20(26)10-4-17/h3-14H,1-2,15-16H2/b24-23-. The summed E-state index contributed by atoms with van der Waals surface area (Å²) in [5.41, 5.74) is 5.51. The molecule has 0 unspecified atom stereocenters. The van der Waals surface area contributed by atoms with Crippen LogP contribution in [-0.2, 0) is 0 Å². The van der Waals surface area contributed by atoms with Gasteiger partial charge < -0.3 is 4.74 Å². The Morgan fingerprint density at radius 1 is 0.714 bits per heavy atom. The van der Waals surface area contributed by atoms with Crippen molar-refractivity contribution < 1.29 is 4.74 Å². The van der Waals surface area contributed by atoms with Gasteiger partial charge in [-0.1, -0.05) is 59.6 Å². The maximum atomic E-state index is 6.18. The first kappa shape index (κ1) is 20.8. The van der Waals surface area contributed by atoms with Gasteiger partial charge in [0, 0.05) is 15.9 Å². The van der Waals surface area contributed by atoms with Crippen LogP contribution in [0.1, 0.15) is 23.1 Å². The molecule has 1 nitrogen and oxygen atoms in total. The molecule has 3 aromatic carbocycles. The minimum atomic E-state index is 0.390. The second-order valence-corrected chi connectivity index (χ2v) is 7.43. The molecule has 3 rings (SSSR count). The molecular weight excluding hydrogens is 411 g/mol. The summed E-state index contributed by atoms with van der Waals surface area (Å²) >= 11 is 18.4. The molecule has 0 bridgehead atoms. The van der Waals surface area contributed by atoms with Crippen molar-refractivity contribution in [3.63, 3.8) is 0 Å². The monoisotopic (exact) mass is 429 g/mol. The molecule has 3 aromatic rings. The summed E-state index contributed by atoms with van der Waals surface area (Å²) in [5.74, 6) is 1.30. The SMILES string of the molecule is [CH2]COc1ccc(/C(=C(/CCCl)c2ccc(Cl)cc2)c2ccc(Cl)cc2)cc1. The Hall–Kier alpha value is -1.93. The largest absolute Gasteiger partial charge is 0.494 e. The van der Waals surface area contributed by atoms with Gasteiger partial charge in [-0.15, -0.1) is 11.6 Å². The van der Waals surface area contributed by atoms with Gasteiger partial charge in [-0.3, -0.25) is 0 Å². The molecule has 28 heavy (non-hydrogen) atoms. The number of alkyl halides is 1. The lowest BCUT2D eigenvalue weighted by Gasteiger charge is -2.17. The van der Waals surface area contributed by atoms with Crippen molar-refractivity contribution in [2.45, 2.75) is 6.42 Å². The van der Waals surface area contributed by atoms with Gasteiger partial charge in [-0.2, -0.15) is 0 Å². The zero-order chi connectivity index (χ0) is 19.9. The molecular formula is C24H20Cl3O. The minimum Gasteiger partial charge on any atom is -0.494 e. The van der Waals surface area contributed by atoms with E-state index in [9.17, 15) is 0 Å². The van der Waals surface area contributed by atoms with Gasteiger partial charge in [0.2, 0.25) is 0 Å². The normalized spacial score (nSPS) is 11.9. The molecule has 0 saturated heterocycles. The highest BCUT2D eigenvalue weighted by Gasteiger charge is 2.14. The van der Waals surface area contributed by atoms with Crippen LogP contribution in [0.2, 0.25) is 10.0 Å². The van der Waals surface area contributed by atoms with E-state index in [0.717, 1.165) is 40.0 Å². The van der Waals surface area contributed by atoms with Gasteiger partial charge in [0.15, 0.2) is 0 Å². The maximum Gasteiger partial charge on any atom is 0.119 e. The van der Waals surface area contributed by atoms with E-state index in [4.69, 9.17) is 39.5 Å². The first-order chi connectivity index (χ1) is 13.6. The van der Waals surface area contributed by atoms with Gasteiger partial charge in [-0.05, 0) is 77.6 Å². The average Bonchev–Trinajstić information content (AvgIpc) is 2.71. The van der Waals surface area contributed by atoms with Crippen molar-refractivity contribution >= 4 is 45.9 Å². The lowest BCUT2D eigenvalue weighted by atomic mass is 9.88. The molecule has 143 valence electrons. The number of ether oxygens (including phenoxy) is 1. The van der Waals surface area contributed by atoms with E-state index in [1.165, 1.54) is 0 Å². The van der Waals surface area contributed by atoms with Gasteiger partial charge in [0.25, 0.3) is 0 Å². The molecule has 0 saturated carbocycles. The third-order valence-electron chi connectivity index (χ3n) is 4.38. The predicted molar refractivity (Wildman–Crippen MR) is 121 cm³/mol. The zero-order valence-electron chi connectivity index (χ0n) is 15.3. The average molecular weight is 431 g/mol. The van der Waals surface area contributed by atoms with Crippen molar-refractivity contribution in [2.75, 3.05) is 12.5 Å². The van der Waals surface area contributed by atoms with Crippen molar-refractivity contribution in [2.24, 2.45) is 0 Å². The second kappa shape index (κ2) is 10.0. The van der Waals surface area contributed by atoms with Gasteiger partial charge in [0.1, 0.15) is 5.75 Å². The van der Waals surface area contributed by atoms with Crippen molar-refractivity contribution in [1.29, 1.82) is 0 Å². The van der Waals surface area contributed by atoms with Crippen LogP contribution in [0.3, 0.4) is 0 Å². The highest BCUT2D eigenvalue weighted by Crippen LogP contribution is 2.36. The fraction of sp³-hybridized carbons (Fsp3) is 0.125. The third kappa shape index (κ3) is 5.11. The zero-order valence-corrected chi connectivity index (χ0v) is 17.6. The first-order valence-corrected chi connectivity index (χ1v) is 10.2. The van der Waals surface area contributed by atoms with Crippen LogP contribution in [0, 0.1) is 6.92 Å². The fourth-order valence-corrected chi connectivity index (χ4v) is 3.57. The molecule has 1 radical (unpaired) electrons. The lowest BCUT2D eigenvalue weighted by molar-refractivity contribution is 0.361. The molecule has 4 heteroatoms. The van der Waals surface area contributed by atoms with Crippen LogP contribution >= 0.6 is 34.8 Å². The van der Waals surface area contributed by atoms with E-state index in [2.05, 4.69) is 19.1 Å². The quantitative estimate of drug-likeness (QED) is 0.274. The predicted octanol–water partition coefficient (Wildman–Crippen LogP) is 7.79. The van der Waals surface area contributed by atoms with Crippen LogP contribution in [0.25, 0.3) is 11.1 Å². The summed E-state index contributed by atoms with van der Waals surface area (Å²) in [4.78, 5) is 0. The Morgan fingerprint density at radius 2 is 1.18 bits per heavy atom. The number of hydrogen-bond donors (Lipinski definition) is 0. The van der Waals surface area contributed by atoms with E-state index >= 15 is 0 Å². The Labute approximate surface area is 181 Å². The Kier molecular flexibility index (Phi) is 7.44. The Balaban J connectivity index is 2.21. The number of allylic oxidation sites excluding steroid dienone is 1. The number of halogens is 3. The maximum absolute atomic E-state index is 6.18. The molecule has 0 aliphatic carbocycles. The van der Waals surface area contributed by atoms with Crippen LogP contribution in [0.4, 0.5) is 0 Å². The molecule has 0 aromatic heterocycles. The summed E-state index contributed by atoms with van der Waals surface area (Å²) in [6, 6.07) is 23.7. The minimum absolute atomic E-state index is 0.390. The third-order valence-corrected chi connectivity index (χ3v) is 5.08. The number of rotatable bonds is 7. The van der Waals surface area contributed by atoms with Crippen LogP contribution in [-0.4, -0.2) is 12.5 Å². The summed E-state index contributed by atoms with van der Waals surface area (Å²) in [5, 5.41) is 1.41. The number of hydrogen-bond acceptors (Lipinski definition) is 1. The molecule has 0 fully saturated rings. The topological polar surface area (TPSA) is 9.23 Å². The molecule has 0 amide bonds. The van der Waals surface area contributed by atoms with Gasteiger partial charge >= 0.3 is 0 Å². The highest BCUT2D eigenvalue weighted by atomic mass is 35.5. The van der Waals surface area contributed by atoms with E-state index in [0.29, 0.717) is 22.5 Å². The van der Waals surface area contributed by atoms with E-state index in [1.807, 2.05) is 60.7 Å². The van der Waals surface area contributed by atoms with Gasteiger partial charge in [0.05, 0.1) is 6.61 Å². The van der Waals surface area contributed by atoms with Crippen LogP contribution < -0.4 is 4.74 Å². The van der Waals surface area contributed by atoms with Crippen LogP contribution in [0.15, 0.2) is 72.8 Å². The Morgan fingerprint density at radius 3 is 1.64 bits per heavy atom. The van der Waals surface area contributed by atoms with Crippen molar-refractivity contribution in [3.8, 4) is 5.75 Å². The highest BCUT2D eigenvalue weighted by molar-refractivity contribution is 6.31. The Bertz CT molecular complexity index is 927. The molecule has 0 aliphatic rings. The molecule has 0 heterocycles. The van der Waals surface area contributed by atoms with Gasteiger partial charge in [-0.25, -0.2) is 0 Å². The number of benzene rings is 3. The molecule has 0 N–H and O–H groups in total. The first-order valence-electron chi connectivity index (χ1n) is 8.96. The summed E-state index contributed by atoms with van der Waals surface area (Å²) in [6.45, 7) is 4.11. The summed E-state index contributed by atoms with van der Waals surface area (Å²) in [7, 11) is 0. The molecule has 0 spiro atoms. The molecule has 0 aliphatic heterocycles. The van der Waals surface area contributed by atoms with E-state index < -0.39 is 0 Å². The molecule has 0 atom stereocenters. The summed E-state index contributed by atoms with van der Waals surface area (Å²) < 4.78 is 5.49. The fourth-order valence-electron chi connectivity index (χ4n) is 3.13. The second-order valence-electron chi connectivity index (χ2n) is 6.18. The van der Waals surface area contributed by atoms with Crippen LogP contribution in [0.5, 0.6) is 5.75 Å². The van der Waals surface area contributed by atoms with E-state index in [1.54, 1.807) is 0 Å². The van der Waals surface area contributed by atoms with Crippen molar-refractivity contribution in [1.82, 2.24) is 0 Å². The van der Waals surface area contributed by atoms with Crippen molar-refractivity contribution in [3.05, 3.63) is 106 Å². The summed E-state index contributed by atoms with van der Waals surface area (Å²) in [6.07, 6.45) is 0.721.